The molecule has 0 saturated heterocycles. The van der Waals surface area contributed by atoms with E-state index in [9.17, 15) is 0 Å². The quantitative estimate of drug-likeness (QED) is 0.668. The van der Waals surface area contributed by atoms with Gasteiger partial charge in [0.25, 0.3) is 0 Å². The first kappa shape index (κ1) is 13.9. The van der Waals surface area contributed by atoms with E-state index in [-0.39, 0.29) is 0 Å². The largest absolute Gasteiger partial charge is 0.383 e. The number of hydrogen-bond donors (Lipinski definition) is 2. The van der Waals surface area contributed by atoms with Crippen LogP contribution in [0.1, 0.15) is 19.5 Å². The van der Waals surface area contributed by atoms with E-state index in [1.165, 1.54) is 0 Å². The molecule has 0 aromatic carbocycles. The Bertz CT molecular complexity index is 300. The van der Waals surface area contributed by atoms with E-state index in [0.717, 1.165) is 31.1 Å². The Morgan fingerprint density at radius 3 is 2.71 bits per heavy atom. The summed E-state index contributed by atoms with van der Waals surface area (Å²) in [6, 6.07) is 0. The molecule has 5 nitrogen and oxygen atoms in total. The SMILES string of the molecule is COCCNc1cnc(CNCC(C)C)cn1. The van der Waals surface area contributed by atoms with Crippen LogP contribution in [0.2, 0.25) is 0 Å². The van der Waals surface area contributed by atoms with Gasteiger partial charge in [0.15, 0.2) is 0 Å². The van der Waals surface area contributed by atoms with Crippen LogP contribution in [0.15, 0.2) is 12.4 Å². The minimum absolute atomic E-state index is 0.651. The molecule has 1 aromatic rings. The highest BCUT2D eigenvalue weighted by Gasteiger charge is 1.98. The maximum absolute atomic E-state index is 4.94. The van der Waals surface area contributed by atoms with Gasteiger partial charge in [-0.2, -0.15) is 0 Å². The van der Waals surface area contributed by atoms with Crippen molar-refractivity contribution in [1.29, 1.82) is 0 Å². The number of methoxy groups -OCH3 is 1. The first-order chi connectivity index (χ1) is 8.22. The van der Waals surface area contributed by atoms with Crippen molar-refractivity contribution < 1.29 is 4.74 Å². The second-order valence-corrected chi connectivity index (χ2v) is 4.34. The fraction of sp³-hybridized carbons (Fsp3) is 0.667. The van der Waals surface area contributed by atoms with Crippen molar-refractivity contribution in [2.24, 2.45) is 5.92 Å². The highest BCUT2D eigenvalue weighted by molar-refractivity contribution is 5.30. The molecular formula is C12H22N4O. The van der Waals surface area contributed by atoms with Crippen molar-refractivity contribution in [2.75, 3.05) is 32.1 Å². The zero-order valence-electron chi connectivity index (χ0n) is 10.9. The second kappa shape index (κ2) is 7.97. The highest BCUT2D eigenvalue weighted by Crippen LogP contribution is 2.00. The van der Waals surface area contributed by atoms with E-state index < -0.39 is 0 Å². The van der Waals surface area contributed by atoms with Gasteiger partial charge in [-0.3, -0.25) is 4.98 Å². The molecule has 0 aliphatic heterocycles. The van der Waals surface area contributed by atoms with Crippen LogP contribution >= 0.6 is 0 Å². The van der Waals surface area contributed by atoms with E-state index in [4.69, 9.17) is 4.74 Å². The number of hydrogen-bond acceptors (Lipinski definition) is 5. The summed E-state index contributed by atoms with van der Waals surface area (Å²) >= 11 is 0. The molecule has 5 heteroatoms. The number of ether oxygens (including phenoxy) is 1. The van der Waals surface area contributed by atoms with Crippen LogP contribution in [0.5, 0.6) is 0 Å². The molecule has 0 aliphatic carbocycles. The number of rotatable bonds is 8. The lowest BCUT2D eigenvalue weighted by atomic mass is 10.2. The summed E-state index contributed by atoms with van der Waals surface area (Å²) in [6.07, 6.45) is 3.55. The Hall–Kier alpha value is -1.20. The summed E-state index contributed by atoms with van der Waals surface area (Å²) in [5, 5.41) is 6.46. The molecule has 0 aliphatic rings. The first-order valence-electron chi connectivity index (χ1n) is 5.97. The average molecular weight is 238 g/mol. The van der Waals surface area contributed by atoms with Crippen LogP contribution in [-0.2, 0) is 11.3 Å². The molecule has 1 heterocycles. The third-order valence-electron chi connectivity index (χ3n) is 2.18. The Kier molecular flexibility index (Phi) is 6.50. The Morgan fingerprint density at radius 2 is 2.12 bits per heavy atom. The maximum Gasteiger partial charge on any atom is 0.144 e. The predicted molar refractivity (Wildman–Crippen MR) is 68.9 cm³/mol. The van der Waals surface area contributed by atoms with Crippen molar-refractivity contribution in [3.63, 3.8) is 0 Å². The molecule has 1 rings (SSSR count). The molecule has 0 radical (unpaired) electrons. The van der Waals surface area contributed by atoms with Crippen LogP contribution in [0.3, 0.4) is 0 Å². The van der Waals surface area contributed by atoms with Gasteiger partial charge in [0.1, 0.15) is 5.82 Å². The third kappa shape index (κ3) is 6.19. The average Bonchev–Trinajstić information content (AvgIpc) is 2.31. The summed E-state index contributed by atoms with van der Waals surface area (Å²) < 4.78 is 4.94. The zero-order chi connectivity index (χ0) is 12.5. The predicted octanol–water partition coefficient (Wildman–Crippen LogP) is 1.28. The van der Waals surface area contributed by atoms with Gasteiger partial charge in [0.05, 0.1) is 24.7 Å². The molecule has 1 aromatic heterocycles. The Labute approximate surface area is 103 Å². The van der Waals surface area contributed by atoms with Crippen molar-refractivity contribution in [3.05, 3.63) is 18.1 Å². The highest BCUT2D eigenvalue weighted by atomic mass is 16.5. The molecule has 0 atom stereocenters. The summed E-state index contributed by atoms with van der Waals surface area (Å²) in [4.78, 5) is 8.61. The minimum Gasteiger partial charge on any atom is -0.383 e. The van der Waals surface area contributed by atoms with Gasteiger partial charge in [0.2, 0.25) is 0 Å². The summed E-state index contributed by atoms with van der Waals surface area (Å²) in [6.45, 7) is 7.54. The lowest BCUT2D eigenvalue weighted by Crippen LogP contribution is -2.19. The minimum atomic E-state index is 0.651. The van der Waals surface area contributed by atoms with Gasteiger partial charge < -0.3 is 15.4 Å². The van der Waals surface area contributed by atoms with Crippen LogP contribution in [0, 0.1) is 5.92 Å². The number of nitrogens with one attached hydrogen (secondary N) is 2. The zero-order valence-corrected chi connectivity index (χ0v) is 10.9. The van der Waals surface area contributed by atoms with Gasteiger partial charge in [-0.15, -0.1) is 0 Å². The van der Waals surface area contributed by atoms with Crippen molar-refractivity contribution in [3.8, 4) is 0 Å². The first-order valence-corrected chi connectivity index (χ1v) is 5.97. The third-order valence-corrected chi connectivity index (χ3v) is 2.18. The van der Waals surface area contributed by atoms with Crippen molar-refractivity contribution in [1.82, 2.24) is 15.3 Å². The van der Waals surface area contributed by atoms with Crippen LogP contribution < -0.4 is 10.6 Å². The number of anilines is 1. The molecule has 0 bridgehead atoms. The van der Waals surface area contributed by atoms with Gasteiger partial charge in [-0.1, -0.05) is 13.8 Å². The molecule has 0 amide bonds. The lowest BCUT2D eigenvalue weighted by molar-refractivity contribution is 0.210. The molecule has 17 heavy (non-hydrogen) atoms. The normalized spacial score (nSPS) is 10.8. The fourth-order valence-corrected chi connectivity index (χ4v) is 1.31. The lowest BCUT2D eigenvalue weighted by Gasteiger charge is -2.07. The standard InChI is InChI=1S/C12H22N4O/c1-10(2)6-13-7-11-8-16-12(9-15-11)14-4-5-17-3/h8-10,13H,4-7H2,1-3H3,(H,14,16). The Balaban J connectivity index is 2.29. The van der Waals surface area contributed by atoms with Crippen LogP contribution in [0.25, 0.3) is 0 Å². The fourth-order valence-electron chi connectivity index (χ4n) is 1.31. The topological polar surface area (TPSA) is 59.1 Å². The van der Waals surface area contributed by atoms with Gasteiger partial charge in [-0.05, 0) is 12.5 Å². The Morgan fingerprint density at radius 1 is 1.29 bits per heavy atom. The van der Waals surface area contributed by atoms with Gasteiger partial charge >= 0.3 is 0 Å². The smallest absolute Gasteiger partial charge is 0.144 e. The molecular weight excluding hydrogens is 216 g/mol. The van der Waals surface area contributed by atoms with E-state index in [1.54, 1.807) is 19.5 Å². The molecule has 0 unspecified atom stereocenters. The van der Waals surface area contributed by atoms with Gasteiger partial charge in [-0.25, -0.2) is 4.98 Å². The van der Waals surface area contributed by atoms with E-state index in [0.29, 0.717) is 12.5 Å². The van der Waals surface area contributed by atoms with Crippen molar-refractivity contribution in [2.45, 2.75) is 20.4 Å². The molecule has 0 saturated carbocycles. The number of nitrogens with zero attached hydrogens (tertiary/aromatic N) is 2. The van der Waals surface area contributed by atoms with E-state index in [2.05, 4.69) is 34.4 Å². The van der Waals surface area contributed by atoms with Crippen LogP contribution in [0.4, 0.5) is 5.82 Å². The molecule has 0 spiro atoms. The summed E-state index contributed by atoms with van der Waals surface area (Å²) in [5.74, 6) is 1.44. The van der Waals surface area contributed by atoms with E-state index >= 15 is 0 Å². The van der Waals surface area contributed by atoms with E-state index in [1.807, 2.05) is 0 Å². The maximum atomic E-state index is 4.94. The van der Waals surface area contributed by atoms with Crippen LogP contribution in [-0.4, -0.2) is 36.8 Å². The summed E-state index contributed by atoms with van der Waals surface area (Å²) in [7, 11) is 1.68. The molecule has 2 N–H and O–H groups in total. The molecule has 96 valence electrons. The summed E-state index contributed by atoms with van der Waals surface area (Å²) in [5.41, 5.74) is 0.961. The van der Waals surface area contributed by atoms with Gasteiger partial charge in [0, 0.05) is 20.2 Å². The molecule has 0 fully saturated rings. The van der Waals surface area contributed by atoms with Crippen molar-refractivity contribution >= 4 is 5.82 Å². The number of aromatic nitrogens is 2. The second-order valence-electron chi connectivity index (χ2n) is 4.34. The monoisotopic (exact) mass is 238 g/mol.